The average molecular weight is 1410 g/mol. The molecule has 26 heteroatoms. The van der Waals surface area contributed by atoms with Crippen LogP contribution in [0.15, 0.2) is 86.0 Å². The summed E-state index contributed by atoms with van der Waals surface area (Å²) in [7, 11) is -0.359. The van der Waals surface area contributed by atoms with Gasteiger partial charge in [-0.2, -0.15) is 10.2 Å². The number of fused-ring (bicyclic) bond motifs is 4. The Morgan fingerprint density at radius 2 is 1.02 bits per heavy atom. The molecule has 0 aliphatic carbocycles. The Kier molecular flexibility index (Phi) is 20.5. The number of Topliss-reactive ketones (excluding diaryl/α,β-unsaturated/α-hetero) is 2. The van der Waals surface area contributed by atoms with Crippen molar-refractivity contribution in [1.29, 1.82) is 0 Å². The van der Waals surface area contributed by atoms with Gasteiger partial charge in [0.1, 0.15) is 40.3 Å². The number of carbonyl (C=O) groups excluding carboxylic acids is 4. The quantitative estimate of drug-likeness (QED) is 0.0655. The second-order valence-corrected chi connectivity index (χ2v) is 33.3. The lowest BCUT2D eigenvalue weighted by atomic mass is 9.77. The van der Waals surface area contributed by atoms with Crippen molar-refractivity contribution in [3.63, 3.8) is 0 Å². The molecule has 0 spiro atoms. The molecule has 0 bridgehead atoms. The van der Waals surface area contributed by atoms with E-state index in [0.717, 1.165) is 110 Å². The van der Waals surface area contributed by atoms with Gasteiger partial charge in [0.05, 0.1) is 103 Å². The summed E-state index contributed by atoms with van der Waals surface area (Å²) in [4.78, 5) is 88.6. The summed E-state index contributed by atoms with van der Waals surface area (Å²) in [5.74, 6) is 0.285. The zero-order valence-corrected chi connectivity index (χ0v) is 62.9. The van der Waals surface area contributed by atoms with Crippen molar-refractivity contribution in [2.24, 2.45) is 0 Å². The van der Waals surface area contributed by atoms with E-state index in [9.17, 15) is 19.2 Å². The number of rotatable bonds is 12. The Morgan fingerprint density at radius 1 is 0.570 bits per heavy atom. The molecule has 8 aromatic heterocycles. The molecule has 526 valence electrons. The number of benzene rings is 2. The predicted molar refractivity (Wildman–Crippen MR) is 393 cm³/mol. The van der Waals surface area contributed by atoms with Crippen LogP contribution in [0.4, 0.5) is 9.59 Å². The number of nitrogens with zero attached hydrogens (tertiary/aromatic N) is 12. The molecule has 3 aliphatic heterocycles. The van der Waals surface area contributed by atoms with E-state index in [1.165, 1.54) is 34.6 Å². The van der Waals surface area contributed by atoms with Gasteiger partial charge in [0.2, 0.25) is 0 Å². The number of thiazole rings is 2. The zero-order chi connectivity index (χ0) is 72.2. The van der Waals surface area contributed by atoms with E-state index in [1.807, 2.05) is 63.2 Å². The van der Waals surface area contributed by atoms with Gasteiger partial charge in [-0.05, 0) is 142 Å². The van der Waals surface area contributed by atoms with Crippen LogP contribution >= 0.6 is 34.3 Å². The van der Waals surface area contributed by atoms with E-state index in [-0.39, 0.29) is 52.9 Å². The fraction of sp³-hybridized carbons (Fsp3) is 0.459. The molecule has 0 atom stereocenters. The minimum Gasteiger partial charge on any atom is -0.444 e. The number of aromatic amines is 2. The van der Waals surface area contributed by atoms with Gasteiger partial charge < -0.3 is 38.6 Å². The third-order valence-electron chi connectivity index (χ3n) is 18.0. The fourth-order valence-corrected chi connectivity index (χ4v) is 13.8. The van der Waals surface area contributed by atoms with Gasteiger partial charge in [-0.1, -0.05) is 83.5 Å². The Hall–Kier alpha value is -8.49. The Labute approximate surface area is 597 Å². The smallest absolute Gasteiger partial charge is 0.444 e. The van der Waals surface area contributed by atoms with Gasteiger partial charge in [0.25, 0.3) is 0 Å². The summed E-state index contributed by atoms with van der Waals surface area (Å²) < 4.78 is 27.3. The van der Waals surface area contributed by atoms with Crippen molar-refractivity contribution in [1.82, 2.24) is 69.2 Å². The first-order valence-electron chi connectivity index (χ1n) is 33.8. The Morgan fingerprint density at radius 3 is 1.46 bits per heavy atom. The zero-order valence-electron chi connectivity index (χ0n) is 60.6. The number of halogens is 1. The summed E-state index contributed by atoms with van der Waals surface area (Å²) in [6.07, 6.45) is 11.7. The highest BCUT2D eigenvalue weighted by Crippen LogP contribution is 2.39. The fourth-order valence-electron chi connectivity index (χ4n) is 11.8. The molecule has 0 unspecified atom stereocenters. The third-order valence-corrected chi connectivity index (χ3v) is 21.3. The number of aryl methyl sites for hydroxylation is 4. The molecule has 10 aromatic rings. The molecular formula is C74H90BClN14O8S2. The van der Waals surface area contributed by atoms with Gasteiger partial charge in [0.15, 0.2) is 11.6 Å². The van der Waals surface area contributed by atoms with Gasteiger partial charge in [-0.25, -0.2) is 39.5 Å². The topological polar surface area (TPSA) is 256 Å². The van der Waals surface area contributed by atoms with Crippen LogP contribution in [0.2, 0.25) is 5.15 Å². The van der Waals surface area contributed by atoms with E-state index in [4.69, 9.17) is 30.4 Å². The van der Waals surface area contributed by atoms with Crippen LogP contribution in [0, 0.1) is 13.8 Å². The van der Waals surface area contributed by atoms with E-state index >= 15 is 0 Å². The molecule has 100 heavy (non-hydrogen) atoms. The average Bonchev–Trinajstić information content (AvgIpc) is 1.63. The van der Waals surface area contributed by atoms with Gasteiger partial charge in [-0.15, -0.1) is 22.7 Å². The molecule has 11 heterocycles. The van der Waals surface area contributed by atoms with Crippen molar-refractivity contribution in [2.75, 3.05) is 13.1 Å². The number of hydrogen-bond acceptors (Lipinski definition) is 18. The van der Waals surface area contributed by atoms with Crippen LogP contribution in [0.1, 0.15) is 187 Å². The summed E-state index contributed by atoms with van der Waals surface area (Å²) in [6.45, 7) is 39.4. The number of H-pyrrole nitrogens is 2. The molecule has 3 aliphatic rings. The van der Waals surface area contributed by atoms with E-state index in [1.54, 1.807) is 34.7 Å². The second kappa shape index (κ2) is 28.2. The molecule has 13 rings (SSSR count). The minimum absolute atomic E-state index is 0.0247. The maximum absolute atomic E-state index is 12.9. The normalized spacial score (nSPS) is 15.2. The summed E-state index contributed by atoms with van der Waals surface area (Å²) in [5, 5.41) is 13.1. The van der Waals surface area contributed by atoms with Crippen LogP contribution in [-0.2, 0) is 68.6 Å². The number of hydrogen-bond donors (Lipinski definition) is 2. The molecular weight excluding hydrogens is 1320 g/mol. The van der Waals surface area contributed by atoms with E-state index in [0.29, 0.717) is 69.3 Å². The highest BCUT2D eigenvalue weighted by atomic mass is 35.5. The minimum atomic E-state index is -0.559. The lowest BCUT2D eigenvalue weighted by Gasteiger charge is -2.32. The molecule has 2 amide bonds. The highest BCUT2D eigenvalue weighted by Gasteiger charge is 2.52. The number of aromatic nitrogens is 12. The number of carbonyl (C=O) groups is 4. The first-order valence-corrected chi connectivity index (χ1v) is 35.8. The van der Waals surface area contributed by atoms with Crippen LogP contribution in [0.3, 0.4) is 0 Å². The van der Waals surface area contributed by atoms with E-state index < -0.39 is 11.2 Å². The van der Waals surface area contributed by atoms with Crippen molar-refractivity contribution in [3.8, 4) is 33.8 Å². The number of nitrogens with one attached hydrogen (secondary N) is 2. The summed E-state index contributed by atoms with van der Waals surface area (Å²) in [6, 6.07) is 16.5. The maximum Gasteiger partial charge on any atom is 0.494 e. The van der Waals surface area contributed by atoms with Gasteiger partial charge >= 0.3 is 19.3 Å². The Balaban J connectivity index is 0.000000159. The van der Waals surface area contributed by atoms with E-state index in [2.05, 4.69) is 176 Å². The second-order valence-electron chi connectivity index (χ2n) is 30.9. The number of ether oxygens (including phenoxy) is 2. The summed E-state index contributed by atoms with van der Waals surface area (Å²) >= 11 is 9.15. The molecule has 1 saturated heterocycles. The lowest BCUT2D eigenvalue weighted by molar-refractivity contribution is 0.00578. The molecule has 0 radical (unpaired) electrons. The largest absolute Gasteiger partial charge is 0.494 e. The van der Waals surface area contributed by atoms with Crippen LogP contribution in [0.5, 0.6) is 0 Å². The first-order chi connectivity index (χ1) is 46.9. The first kappa shape index (κ1) is 72.8. The van der Waals surface area contributed by atoms with Crippen molar-refractivity contribution in [3.05, 3.63) is 145 Å². The van der Waals surface area contributed by atoms with Crippen molar-refractivity contribution < 1.29 is 38.0 Å². The van der Waals surface area contributed by atoms with Crippen molar-refractivity contribution in [2.45, 2.75) is 210 Å². The molecule has 2 aromatic carbocycles. The van der Waals surface area contributed by atoms with Gasteiger partial charge in [-0.3, -0.25) is 19.0 Å². The molecule has 0 saturated carbocycles. The third kappa shape index (κ3) is 16.4. The Bertz CT molecular complexity index is 4690. The van der Waals surface area contributed by atoms with Crippen molar-refractivity contribution >= 4 is 92.7 Å². The lowest BCUT2D eigenvalue weighted by Crippen LogP contribution is -2.41. The maximum atomic E-state index is 12.9. The van der Waals surface area contributed by atoms with Crippen LogP contribution < -0.4 is 5.46 Å². The monoisotopic (exact) mass is 1410 g/mol. The highest BCUT2D eigenvalue weighted by molar-refractivity contribution is 7.14. The van der Waals surface area contributed by atoms with Crippen LogP contribution in [-0.4, -0.2) is 136 Å². The number of ketones is 2. The van der Waals surface area contributed by atoms with Gasteiger partial charge in [0, 0.05) is 71.2 Å². The summed E-state index contributed by atoms with van der Waals surface area (Å²) in [5.41, 5.74) is 12.3. The molecule has 22 nitrogen and oxygen atoms in total. The van der Waals surface area contributed by atoms with Crippen LogP contribution in [0.25, 0.3) is 55.8 Å². The molecule has 2 N–H and O–H groups in total. The number of amides is 2. The molecule has 1 fully saturated rings. The SMILES string of the molecule is CC(C)(C)OC(=O)N1CCn2ncc(-c3cc4c(Cl)ncnc4[nH]3)c2C1.Cc1cc(-c2ncnc3[nH]c(-c4cnn5c4CN(C(=O)OC(C)(C)C)CC5)cc23)ccc1CCC(=O)c1cnc(C(C)(C)C)s1.Cc1cc(B2OC(C)(C)C(C)(C)O2)ccc1CCC(=O)c1cnc(C(C)(C)C)s1. The standard InChI is InChI=1S/C34H39N7O3S.C23H32BNO3S.C17H19ClN6O2/c1-20-14-22(9-8-21(20)10-11-27(42)28-17-35-31(45-28)33(2,3)4)29-23-15-25(39-30(23)37-19-36-29)24-16-38-41-13-12-40(18-26(24)41)32(43)44-34(5,6)7;1-15-13-17(24-27-22(5,6)23(7,8)28-24)11-9-16(15)10-12-18(26)19-14-25-20(29-19)21(2,3)4;1-17(2,3)26-16(25)23-4-5-24-13(8-23)11(7-21-24)12-6-10-14(18)19-9-20-15(10)22-12/h8-9,14-17,19H,10-13,18H2,1-7H3,(H,36,37,39);9,11,13-14H,10,12H2,1-8H3;6-7,9H,4-5,8H2,1-3H3,(H,19,20,22). The predicted octanol–water partition coefficient (Wildman–Crippen LogP) is 15.2.